The normalized spacial score (nSPS) is 11.5. The van der Waals surface area contributed by atoms with Gasteiger partial charge in [0.1, 0.15) is 6.61 Å². The third-order valence-corrected chi connectivity index (χ3v) is 3.49. The molecule has 0 atom stereocenters. The van der Waals surface area contributed by atoms with Crippen LogP contribution in [0.1, 0.15) is 54.4 Å². The molecule has 0 aromatic carbocycles. The molecule has 0 bridgehead atoms. The molecule has 0 aromatic heterocycles. The van der Waals surface area contributed by atoms with Gasteiger partial charge in [-0.15, -0.1) is 0 Å². The summed E-state index contributed by atoms with van der Waals surface area (Å²) in [5.41, 5.74) is 0.282. The van der Waals surface area contributed by atoms with Crippen molar-refractivity contribution in [1.29, 1.82) is 0 Å². The number of hydrogen-bond donors (Lipinski definition) is 0. The van der Waals surface area contributed by atoms with E-state index in [0.717, 1.165) is 11.1 Å². The third-order valence-electron chi connectivity index (χ3n) is 3.49. The molecule has 0 heterocycles. The van der Waals surface area contributed by atoms with Crippen LogP contribution in [0.25, 0.3) is 0 Å². The van der Waals surface area contributed by atoms with Crippen LogP contribution >= 0.6 is 0 Å². The molecule has 0 rings (SSSR count). The van der Waals surface area contributed by atoms with Crippen LogP contribution in [0.15, 0.2) is 23.3 Å². The fraction of sp³-hybridized carbons (Fsp3) is 0.632. The first kappa shape index (κ1) is 22.9. The Hall–Kier alpha value is -2.11. The fourth-order valence-electron chi connectivity index (χ4n) is 2.23. The van der Waals surface area contributed by atoms with E-state index in [1.807, 2.05) is 19.9 Å². The maximum atomic E-state index is 12.6. The zero-order valence-electron chi connectivity index (χ0n) is 16.1. The van der Waals surface area contributed by atoms with E-state index in [1.165, 1.54) is 6.92 Å². The summed E-state index contributed by atoms with van der Waals surface area (Å²) in [6, 6.07) is 0. The number of esters is 3. The molecule has 25 heavy (non-hydrogen) atoms. The zero-order valence-corrected chi connectivity index (χ0v) is 16.1. The minimum absolute atomic E-state index is 0.0888. The summed E-state index contributed by atoms with van der Waals surface area (Å²) in [7, 11) is 0. The third kappa shape index (κ3) is 8.01. The van der Waals surface area contributed by atoms with Crippen LogP contribution in [0.3, 0.4) is 0 Å². The van der Waals surface area contributed by atoms with Gasteiger partial charge in [-0.05, 0) is 53.5 Å². The first-order valence-electron chi connectivity index (χ1n) is 8.46. The highest BCUT2D eigenvalue weighted by Crippen LogP contribution is 2.35. The lowest BCUT2D eigenvalue weighted by Gasteiger charge is -2.28. The first-order chi connectivity index (χ1) is 11.7. The van der Waals surface area contributed by atoms with Crippen LogP contribution in [0.2, 0.25) is 0 Å². The Morgan fingerprint density at radius 1 is 0.840 bits per heavy atom. The summed E-state index contributed by atoms with van der Waals surface area (Å²) in [6.45, 7) is 10.7. The molecule has 0 N–H and O–H groups in total. The van der Waals surface area contributed by atoms with Crippen molar-refractivity contribution in [2.45, 2.75) is 54.4 Å². The molecule has 0 aliphatic heterocycles. The smallest absolute Gasteiger partial charge is 0.324 e. The second kappa shape index (κ2) is 11.4. The predicted molar refractivity (Wildman–Crippen MR) is 94.8 cm³/mol. The highest BCUT2D eigenvalue weighted by atomic mass is 16.6. The van der Waals surface area contributed by atoms with E-state index >= 15 is 0 Å². The van der Waals surface area contributed by atoms with Crippen LogP contribution < -0.4 is 0 Å². The Morgan fingerprint density at radius 3 is 1.76 bits per heavy atom. The van der Waals surface area contributed by atoms with Crippen molar-refractivity contribution in [3.8, 4) is 0 Å². The molecule has 0 aliphatic rings. The molecular weight excluding hydrogens is 324 g/mol. The molecule has 6 nitrogen and oxygen atoms in total. The Morgan fingerprint density at radius 2 is 1.36 bits per heavy atom. The summed E-state index contributed by atoms with van der Waals surface area (Å²) in [5, 5.41) is 0. The van der Waals surface area contributed by atoms with Crippen LogP contribution in [-0.4, -0.2) is 37.7 Å². The van der Waals surface area contributed by atoms with E-state index in [1.54, 1.807) is 26.8 Å². The molecule has 0 aromatic rings. The van der Waals surface area contributed by atoms with Crippen LogP contribution in [-0.2, 0) is 28.6 Å². The van der Waals surface area contributed by atoms with Crippen LogP contribution in [0, 0.1) is 5.41 Å². The van der Waals surface area contributed by atoms with Gasteiger partial charge >= 0.3 is 17.9 Å². The Balaban J connectivity index is 5.71. The average molecular weight is 354 g/mol. The Labute approximate surface area is 150 Å². The molecule has 142 valence electrons. The minimum Gasteiger partial charge on any atom is -0.465 e. The highest BCUT2D eigenvalue weighted by molar-refractivity contribution is 6.00. The second-order valence-electron chi connectivity index (χ2n) is 6.04. The molecule has 0 saturated carbocycles. The summed E-state index contributed by atoms with van der Waals surface area (Å²) in [5.74, 6) is -1.60. The van der Waals surface area contributed by atoms with Crippen molar-refractivity contribution in [2.24, 2.45) is 5.41 Å². The SMILES string of the molecule is CCOC(=O)C(CC=C(C)C)(C/C(C)=C/COC(C)=O)C(=O)OCC. The molecule has 0 unspecified atom stereocenters. The summed E-state index contributed by atoms with van der Waals surface area (Å²) in [6.07, 6.45) is 3.83. The van der Waals surface area contributed by atoms with Gasteiger partial charge < -0.3 is 14.2 Å². The van der Waals surface area contributed by atoms with Gasteiger partial charge in [-0.3, -0.25) is 14.4 Å². The topological polar surface area (TPSA) is 78.9 Å². The predicted octanol–water partition coefficient (Wildman–Crippen LogP) is 3.35. The maximum Gasteiger partial charge on any atom is 0.324 e. The van der Waals surface area contributed by atoms with Crippen molar-refractivity contribution < 1.29 is 28.6 Å². The van der Waals surface area contributed by atoms with Gasteiger partial charge in [0.25, 0.3) is 0 Å². The van der Waals surface area contributed by atoms with E-state index in [-0.39, 0.29) is 32.7 Å². The highest BCUT2D eigenvalue weighted by Gasteiger charge is 2.48. The standard InChI is InChI=1S/C19H30O6/c1-7-23-17(21)19(11-9-14(3)4,18(22)24-8-2)13-15(5)10-12-25-16(6)20/h9-10H,7-8,11-13H2,1-6H3/b15-10+. The van der Waals surface area contributed by atoms with E-state index in [2.05, 4.69) is 0 Å². The van der Waals surface area contributed by atoms with Gasteiger partial charge in [-0.25, -0.2) is 0 Å². The largest absolute Gasteiger partial charge is 0.465 e. The monoisotopic (exact) mass is 354 g/mol. The molecule has 0 aliphatic carbocycles. The number of allylic oxidation sites excluding steroid dienone is 3. The molecule has 6 heteroatoms. The van der Waals surface area contributed by atoms with Crippen LogP contribution in [0.5, 0.6) is 0 Å². The lowest BCUT2D eigenvalue weighted by molar-refractivity contribution is -0.172. The van der Waals surface area contributed by atoms with E-state index < -0.39 is 23.3 Å². The number of carbonyl (C=O) groups is 3. The van der Waals surface area contributed by atoms with Crippen molar-refractivity contribution in [2.75, 3.05) is 19.8 Å². The van der Waals surface area contributed by atoms with E-state index in [4.69, 9.17) is 14.2 Å². The lowest BCUT2D eigenvalue weighted by Crippen LogP contribution is -2.42. The lowest BCUT2D eigenvalue weighted by atomic mass is 9.78. The summed E-state index contributed by atoms with van der Waals surface area (Å²) in [4.78, 5) is 36.2. The second-order valence-corrected chi connectivity index (χ2v) is 6.04. The molecular formula is C19H30O6. The van der Waals surface area contributed by atoms with Crippen molar-refractivity contribution in [3.63, 3.8) is 0 Å². The van der Waals surface area contributed by atoms with Crippen molar-refractivity contribution in [3.05, 3.63) is 23.3 Å². The van der Waals surface area contributed by atoms with Gasteiger partial charge in [0.15, 0.2) is 5.41 Å². The molecule has 0 fully saturated rings. The van der Waals surface area contributed by atoms with E-state index in [9.17, 15) is 14.4 Å². The number of ether oxygens (including phenoxy) is 3. The maximum absolute atomic E-state index is 12.6. The Kier molecular flexibility index (Phi) is 10.5. The number of rotatable bonds is 10. The molecule has 0 spiro atoms. The van der Waals surface area contributed by atoms with Gasteiger partial charge in [0, 0.05) is 6.92 Å². The molecule has 0 amide bonds. The van der Waals surface area contributed by atoms with Crippen molar-refractivity contribution in [1.82, 2.24) is 0 Å². The van der Waals surface area contributed by atoms with Gasteiger partial charge in [0.05, 0.1) is 13.2 Å². The number of carbonyl (C=O) groups excluding carboxylic acids is 3. The molecule has 0 radical (unpaired) electrons. The number of hydrogen-bond acceptors (Lipinski definition) is 6. The van der Waals surface area contributed by atoms with E-state index in [0.29, 0.717) is 0 Å². The van der Waals surface area contributed by atoms with Crippen molar-refractivity contribution >= 4 is 17.9 Å². The van der Waals surface area contributed by atoms with Crippen LogP contribution in [0.4, 0.5) is 0 Å². The molecule has 0 saturated heterocycles. The Bertz CT molecular complexity index is 508. The van der Waals surface area contributed by atoms with Gasteiger partial charge in [0.2, 0.25) is 0 Å². The minimum atomic E-state index is -1.44. The summed E-state index contributed by atoms with van der Waals surface area (Å²) < 4.78 is 15.2. The fourth-order valence-corrected chi connectivity index (χ4v) is 2.23. The van der Waals surface area contributed by atoms with Gasteiger partial charge in [-0.1, -0.05) is 17.2 Å². The quantitative estimate of drug-likeness (QED) is 0.259. The summed E-state index contributed by atoms with van der Waals surface area (Å²) >= 11 is 0. The zero-order chi connectivity index (χ0) is 19.5. The first-order valence-corrected chi connectivity index (χ1v) is 8.46. The average Bonchev–Trinajstić information content (AvgIpc) is 2.51. The van der Waals surface area contributed by atoms with Gasteiger partial charge in [-0.2, -0.15) is 0 Å².